The topological polar surface area (TPSA) is 69.6 Å². The predicted molar refractivity (Wildman–Crippen MR) is 80.7 cm³/mol. The molecule has 20 heavy (non-hydrogen) atoms. The average Bonchev–Trinajstić information content (AvgIpc) is 2.25. The lowest BCUT2D eigenvalue weighted by molar-refractivity contribution is -0.122. The minimum Gasteiger partial charge on any atom is -0.507 e. The number of rotatable bonds is 3. The van der Waals surface area contributed by atoms with Gasteiger partial charge in [0.2, 0.25) is 5.91 Å². The molecule has 0 heterocycles. The van der Waals surface area contributed by atoms with E-state index in [9.17, 15) is 14.7 Å². The van der Waals surface area contributed by atoms with Crippen LogP contribution in [0, 0.1) is 0 Å². The number of benzene rings is 1. The fourth-order valence-electron chi connectivity index (χ4n) is 1.64. The lowest BCUT2D eigenvalue weighted by Crippen LogP contribution is -2.46. The van der Waals surface area contributed by atoms with E-state index in [1.807, 2.05) is 20.8 Å². The van der Waals surface area contributed by atoms with Crippen molar-refractivity contribution in [2.24, 2.45) is 0 Å². The molecule has 0 saturated carbocycles. The van der Waals surface area contributed by atoms with Crippen molar-refractivity contribution in [3.63, 3.8) is 0 Å². The molecule has 5 nitrogen and oxygen atoms in total. The predicted octanol–water partition coefficient (Wildman–Crippen LogP) is 2.14. The number of likely N-dealkylation sites (N-methyl/N-ethyl adjacent to an activating group) is 1. The van der Waals surface area contributed by atoms with E-state index in [4.69, 9.17) is 0 Å². The Bertz CT molecular complexity index is 524. The molecular formula is C14H19BrN2O3. The van der Waals surface area contributed by atoms with Crippen molar-refractivity contribution in [3.05, 3.63) is 28.2 Å². The van der Waals surface area contributed by atoms with E-state index in [1.165, 1.54) is 24.1 Å². The number of hydrogen-bond donors (Lipinski definition) is 2. The Morgan fingerprint density at radius 3 is 2.45 bits per heavy atom. The molecule has 1 aromatic carbocycles. The van der Waals surface area contributed by atoms with Gasteiger partial charge >= 0.3 is 0 Å². The van der Waals surface area contributed by atoms with Gasteiger partial charge in [0.1, 0.15) is 5.75 Å². The van der Waals surface area contributed by atoms with Gasteiger partial charge in [-0.2, -0.15) is 0 Å². The van der Waals surface area contributed by atoms with Crippen molar-refractivity contribution in [2.45, 2.75) is 26.3 Å². The molecule has 0 bridgehead atoms. The molecule has 2 N–H and O–H groups in total. The maximum atomic E-state index is 12.1. The average molecular weight is 343 g/mol. The zero-order valence-electron chi connectivity index (χ0n) is 12.0. The first-order valence-corrected chi connectivity index (χ1v) is 6.94. The standard InChI is InChI=1S/C14H19BrN2O3/c1-14(2,3)16-12(19)8-17(4)13(20)10-6-5-9(15)7-11(10)18/h5-7,18H,8H2,1-4H3,(H,16,19). The van der Waals surface area contributed by atoms with Gasteiger partial charge < -0.3 is 15.3 Å². The summed E-state index contributed by atoms with van der Waals surface area (Å²) in [5.41, 5.74) is -0.181. The van der Waals surface area contributed by atoms with Gasteiger partial charge in [-0.3, -0.25) is 9.59 Å². The zero-order valence-corrected chi connectivity index (χ0v) is 13.6. The number of nitrogens with zero attached hydrogens (tertiary/aromatic N) is 1. The van der Waals surface area contributed by atoms with Gasteiger partial charge in [0.05, 0.1) is 12.1 Å². The number of halogens is 1. The second-order valence-electron chi connectivity index (χ2n) is 5.62. The van der Waals surface area contributed by atoms with Crippen LogP contribution in [0.25, 0.3) is 0 Å². The molecule has 0 saturated heterocycles. The van der Waals surface area contributed by atoms with E-state index >= 15 is 0 Å². The van der Waals surface area contributed by atoms with Gasteiger partial charge in [-0.25, -0.2) is 0 Å². The third-order valence-electron chi connectivity index (χ3n) is 2.43. The number of nitrogens with one attached hydrogen (secondary N) is 1. The highest BCUT2D eigenvalue weighted by Gasteiger charge is 2.20. The molecule has 0 aliphatic rings. The van der Waals surface area contributed by atoms with Crippen molar-refractivity contribution in [1.29, 1.82) is 0 Å². The molecule has 6 heteroatoms. The Balaban J connectivity index is 2.75. The molecule has 1 rings (SSSR count). The Labute approximate surface area is 127 Å². The summed E-state index contributed by atoms with van der Waals surface area (Å²) in [5, 5.41) is 12.5. The van der Waals surface area contributed by atoms with E-state index in [-0.39, 0.29) is 29.3 Å². The first-order chi connectivity index (χ1) is 9.10. The fraction of sp³-hybridized carbons (Fsp3) is 0.429. The SMILES string of the molecule is CN(CC(=O)NC(C)(C)C)C(=O)c1ccc(Br)cc1O. The summed E-state index contributed by atoms with van der Waals surface area (Å²) in [6.07, 6.45) is 0. The number of carbonyl (C=O) groups excluding carboxylic acids is 2. The van der Waals surface area contributed by atoms with Crippen LogP contribution in [-0.4, -0.2) is 41.0 Å². The van der Waals surface area contributed by atoms with Crippen molar-refractivity contribution in [2.75, 3.05) is 13.6 Å². The molecule has 0 atom stereocenters. The maximum absolute atomic E-state index is 12.1. The van der Waals surface area contributed by atoms with Crippen molar-refractivity contribution < 1.29 is 14.7 Å². The summed E-state index contributed by atoms with van der Waals surface area (Å²) in [4.78, 5) is 25.2. The van der Waals surface area contributed by atoms with Crippen LogP contribution in [0.5, 0.6) is 5.75 Å². The largest absolute Gasteiger partial charge is 0.507 e. The molecule has 2 amide bonds. The van der Waals surface area contributed by atoms with Crippen molar-refractivity contribution in [1.82, 2.24) is 10.2 Å². The summed E-state index contributed by atoms with van der Waals surface area (Å²) in [6, 6.07) is 4.62. The molecule has 0 aliphatic heterocycles. The van der Waals surface area contributed by atoms with E-state index in [0.717, 1.165) is 0 Å². The number of phenols is 1. The van der Waals surface area contributed by atoms with Crippen LogP contribution in [0.15, 0.2) is 22.7 Å². The van der Waals surface area contributed by atoms with Crippen molar-refractivity contribution >= 4 is 27.7 Å². The number of phenolic OH excluding ortho intramolecular Hbond substituents is 1. The highest BCUT2D eigenvalue weighted by Crippen LogP contribution is 2.23. The molecule has 0 aromatic heterocycles. The van der Waals surface area contributed by atoms with Crippen LogP contribution in [-0.2, 0) is 4.79 Å². The third-order valence-corrected chi connectivity index (χ3v) is 2.93. The molecule has 0 fully saturated rings. The van der Waals surface area contributed by atoms with Crippen LogP contribution < -0.4 is 5.32 Å². The van der Waals surface area contributed by atoms with Crippen LogP contribution in [0.4, 0.5) is 0 Å². The Morgan fingerprint density at radius 1 is 1.35 bits per heavy atom. The Morgan fingerprint density at radius 2 is 1.95 bits per heavy atom. The van der Waals surface area contributed by atoms with Gasteiger partial charge in [-0.1, -0.05) is 15.9 Å². The van der Waals surface area contributed by atoms with Crippen LogP contribution in [0.2, 0.25) is 0 Å². The highest BCUT2D eigenvalue weighted by atomic mass is 79.9. The zero-order chi connectivity index (χ0) is 15.5. The van der Waals surface area contributed by atoms with Crippen LogP contribution >= 0.6 is 15.9 Å². The molecule has 0 radical (unpaired) electrons. The van der Waals surface area contributed by atoms with Crippen molar-refractivity contribution in [3.8, 4) is 5.75 Å². The summed E-state index contributed by atoms with van der Waals surface area (Å²) in [6.45, 7) is 5.54. The number of aromatic hydroxyl groups is 1. The molecular weight excluding hydrogens is 324 g/mol. The first kappa shape index (κ1) is 16.5. The smallest absolute Gasteiger partial charge is 0.257 e. The first-order valence-electron chi connectivity index (χ1n) is 6.15. The van der Waals surface area contributed by atoms with Gasteiger partial charge in [0, 0.05) is 17.1 Å². The number of hydrogen-bond acceptors (Lipinski definition) is 3. The van der Waals surface area contributed by atoms with E-state index in [1.54, 1.807) is 6.07 Å². The number of amides is 2. The summed E-state index contributed by atoms with van der Waals surface area (Å²) in [5.74, 6) is -0.767. The quantitative estimate of drug-likeness (QED) is 0.884. The monoisotopic (exact) mass is 342 g/mol. The minimum absolute atomic E-state index is 0.0639. The summed E-state index contributed by atoms with van der Waals surface area (Å²) >= 11 is 3.21. The molecule has 0 unspecified atom stereocenters. The molecule has 0 spiro atoms. The fourth-order valence-corrected chi connectivity index (χ4v) is 1.99. The van der Waals surface area contributed by atoms with E-state index < -0.39 is 5.91 Å². The lowest BCUT2D eigenvalue weighted by atomic mass is 10.1. The van der Waals surface area contributed by atoms with Gasteiger partial charge in [-0.05, 0) is 39.0 Å². The maximum Gasteiger partial charge on any atom is 0.257 e. The minimum atomic E-state index is -0.404. The lowest BCUT2D eigenvalue weighted by Gasteiger charge is -2.23. The summed E-state index contributed by atoms with van der Waals surface area (Å²) in [7, 11) is 1.52. The van der Waals surface area contributed by atoms with Crippen LogP contribution in [0.3, 0.4) is 0 Å². The number of carbonyl (C=O) groups is 2. The van der Waals surface area contributed by atoms with Gasteiger partial charge in [0.15, 0.2) is 0 Å². The van der Waals surface area contributed by atoms with Gasteiger partial charge in [-0.15, -0.1) is 0 Å². The van der Waals surface area contributed by atoms with E-state index in [2.05, 4.69) is 21.2 Å². The van der Waals surface area contributed by atoms with Gasteiger partial charge in [0.25, 0.3) is 5.91 Å². The summed E-state index contributed by atoms with van der Waals surface area (Å²) < 4.78 is 0.680. The second kappa shape index (κ2) is 6.26. The molecule has 0 aliphatic carbocycles. The third kappa shape index (κ3) is 4.85. The normalized spacial score (nSPS) is 11.1. The Kier molecular flexibility index (Phi) is 5.16. The van der Waals surface area contributed by atoms with Crippen LogP contribution in [0.1, 0.15) is 31.1 Å². The van der Waals surface area contributed by atoms with E-state index in [0.29, 0.717) is 4.47 Å². The molecule has 110 valence electrons. The second-order valence-corrected chi connectivity index (χ2v) is 6.54. The highest BCUT2D eigenvalue weighted by molar-refractivity contribution is 9.10. The Hall–Kier alpha value is -1.56. The molecule has 1 aromatic rings.